The molecule has 0 saturated heterocycles. The molecular formula is C18H27IN8. The summed E-state index contributed by atoms with van der Waals surface area (Å²) in [6, 6.07) is 5.85. The van der Waals surface area contributed by atoms with Crippen LogP contribution < -0.4 is 10.6 Å². The first-order valence-electron chi connectivity index (χ1n) is 8.90. The highest BCUT2D eigenvalue weighted by molar-refractivity contribution is 14.0. The van der Waals surface area contributed by atoms with Crippen LogP contribution in [0, 0.1) is 13.8 Å². The third-order valence-corrected chi connectivity index (χ3v) is 4.43. The Labute approximate surface area is 176 Å². The first-order valence-corrected chi connectivity index (χ1v) is 8.90. The first kappa shape index (κ1) is 21.1. The zero-order chi connectivity index (χ0) is 18.5. The minimum absolute atomic E-state index is 0. The van der Waals surface area contributed by atoms with E-state index >= 15 is 0 Å². The molecule has 0 fully saturated rings. The molecule has 9 heteroatoms. The summed E-state index contributed by atoms with van der Waals surface area (Å²) in [5.41, 5.74) is 4.42. The Bertz CT molecular complexity index is 911. The van der Waals surface area contributed by atoms with Crippen molar-refractivity contribution >= 4 is 35.6 Å². The average Bonchev–Trinajstić information content (AvgIpc) is 3.15. The van der Waals surface area contributed by atoms with E-state index in [4.69, 9.17) is 0 Å². The molecule has 0 amide bonds. The predicted octanol–water partition coefficient (Wildman–Crippen LogP) is 2.00. The topological polar surface area (TPSA) is 84.4 Å². The van der Waals surface area contributed by atoms with E-state index in [9.17, 15) is 0 Å². The monoisotopic (exact) mass is 482 g/mol. The third kappa shape index (κ3) is 4.96. The first-order chi connectivity index (χ1) is 12.6. The van der Waals surface area contributed by atoms with Crippen molar-refractivity contribution in [2.24, 2.45) is 12.0 Å². The van der Waals surface area contributed by atoms with Crippen molar-refractivity contribution in [3.63, 3.8) is 0 Å². The number of pyridine rings is 1. The summed E-state index contributed by atoms with van der Waals surface area (Å²) in [7, 11) is 1.98. The molecule has 3 aromatic heterocycles. The zero-order valence-electron chi connectivity index (χ0n) is 16.2. The molecule has 8 nitrogen and oxygen atoms in total. The van der Waals surface area contributed by atoms with Gasteiger partial charge in [0.15, 0.2) is 17.4 Å². The second kappa shape index (κ2) is 9.67. The van der Waals surface area contributed by atoms with Crippen LogP contribution in [-0.2, 0) is 20.0 Å². The van der Waals surface area contributed by atoms with Crippen molar-refractivity contribution in [2.75, 3.05) is 13.1 Å². The van der Waals surface area contributed by atoms with Crippen LogP contribution in [0.15, 0.2) is 29.4 Å². The summed E-state index contributed by atoms with van der Waals surface area (Å²) in [5, 5.41) is 19.5. The van der Waals surface area contributed by atoms with E-state index in [1.807, 2.05) is 40.5 Å². The number of guanidine groups is 1. The fourth-order valence-electron chi connectivity index (χ4n) is 2.98. The zero-order valence-corrected chi connectivity index (χ0v) is 18.6. The van der Waals surface area contributed by atoms with Crippen LogP contribution in [-0.4, -0.2) is 43.4 Å². The van der Waals surface area contributed by atoms with Gasteiger partial charge < -0.3 is 10.6 Å². The number of nitrogens with one attached hydrogen (secondary N) is 2. The summed E-state index contributed by atoms with van der Waals surface area (Å²) in [5.74, 6) is 1.59. The van der Waals surface area contributed by atoms with Gasteiger partial charge in [-0.15, -0.1) is 34.2 Å². The van der Waals surface area contributed by atoms with Gasteiger partial charge in [0.25, 0.3) is 0 Å². The maximum Gasteiger partial charge on any atom is 0.191 e. The van der Waals surface area contributed by atoms with Gasteiger partial charge in [-0.2, -0.15) is 5.10 Å². The number of aliphatic imine (C=N–C) groups is 1. The number of hydrogen-bond acceptors (Lipinski definition) is 4. The summed E-state index contributed by atoms with van der Waals surface area (Å²) >= 11 is 0. The Hall–Kier alpha value is -2.17. The molecule has 0 unspecified atom stereocenters. The molecule has 146 valence electrons. The minimum Gasteiger partial charge on any atom is -0.357 e. The molecule has 0 atom stereocenters. The summed E-state index contributed by atoms with van der Waals surface area (Å²) in [4.78, 5) is 4.64. The maximum absolute atomic E-state index is 4.64. The Morgan fingerprint density at radius 3 is 2.70 bits per heavy atom. The fourth-order valence-corrected chi connectivity index (χ4v) is 2.98. The van der Waals surface area contributed by atoms with Crippen molar-refractivity contribution in [1.29, 1.82) is 0 Å². The lowest BCUT2D eigenvalue weighted by molar-refractivity contribution is 0.728. The molecule has 0 aromatic carbocycles. The van der Waals surface area contributed by atoms with Crippen LogP contribution in [0.4, 0.5) is 0 Å². The summed E-state index contributed by atoms with van der Waals surface area (Å²) in [6.45, 7) is 8.27. The van der Waals surface area contributed by atoms with Crippen LogP contribution in [0.25, 0.3) is 5.65 Å². The van der Waals surface area contributed by atoms with Crippen molar-refractivity contribution < 1.29 is 0 Å². The molecule has 0 aliphatic carbocycles. The lowest BCUT2D eigenvalue weighted by Gasteiger charge is -2.11. The van der Waals surface area contributed by atoms with Gasteiger partial charge in [-0.05, 0) is 44.9 Å². The van der Waals surface area contributed by atoms with Gasteiger partial charge in [0.2, 0.25) is 0 Å². The number of rotatable bonds is 6. The minimum atomic E-state index is 0. The quantitative estimate of drug-likeness (QED) is 0.319. The van der Waals surface area contributed by atoms with Crippen molar-refractivity contribution in [3.05, 3.63) is 47.2 Å². The lowest BCUT2D eigenvalue weighted by Crippen LogP contribution is -2.38. The standard InChI is InChI=1S/C18H26N8.HI/c1-5-19-18(20-10-9-15-13(2)24-25(4)14(15)3)21-12-17-23-22-16-8-6-7-11-26(16)17;/h6-8,11H,5,9-10,12H2,1-4H3,(H2,19,20,21);1H. The van der Waals surface area contributed by atoms with Crippen LogP contribution >= 0.6 is 24.0 Å². The summed E-state index contributed by atoms with van der Waals surface area (Å²) < 4.78 is 3.88. The number of aromatic nitrogens is 5. The van der Waals surface area contributed by atoms with E-state index in [1.54, 1.807) is 0 Å². The Morgan fingerprint density at radius 2 is 2.00 bits per heavy atom. The number of aryl methyl sites for hydroxylation is 2. The number of fused-ring (bicyclic) bond motifs is 1. The van der Waals surface area contributed by atoms with Crippen LogP contribution in [0.1, 0.15) is 29.7 Å². The van der Waals surface area contributed by atoms with Gasteiger partial charge in [0, 0.05) is 32.0 Å². The SMILES string of the molecule is CCNC(=NCc1nnc2ccccn12)NCCc1c(C)nn(C)c1C.I. The molecule has 27 heavy (non-hydrogen) atoms. The highest BCUT2D eigenvalue weighted by Crippen LogP contribution is 2.11. The Balaban J connectivity index is 0.00000261. The van der Waals surface area contributed by atoms with Gasteiger partial charge in [-0.1, -0.05) is 6.07 Å². The maximum atomic E-state index is 4.64. The number of nitrogens with zero attached hydrogens (tertiary/aromatic N) is 6. The Kier molecular flexibility index (Phi) is 7.57. The van der Waals surface area contributed by atoms with Gasteiger partial charge in [-0.3, -0.25) is 9.08 Å². The van der Waals surface area contributed by atoms with Crippen molar-refractivity contribution in [2.45, 2.75) is 33.7 Å². The largest absolute Gasteiger partial charge is 0.357 e. The molecule has 0 aliphatic rings. The molecule has 0 bridgehead atoms. The molecule has 0 saturated carbocycles. The van der Waals surface area contributed by atoms with Crippen molar-refractivity contribution in [1.82, 2.24) is 35.0 Å². The van der Waals surface area contributed by atoms with Crippen molar-refractivity contribution in [3.8, 4) is 0 Å². The van der Waals surface area contributed by atoms with E-state index in [-0.39, 0.29) is 24.0 Å². The van der Waals surface area contributed by atoms with Crippen LogP contribution in [0.5, 0.6) is 0 Å². The van der Waals surface area contributed by atoms with E-state index in [0.717, 1.165) is 42.6 Å². The molecule has 3 heterocycles. The predicted molar refractivity (Wildman–Crippen MR) is 118 cm³/mol. The molecule has 0 radical (unpaired) electrons. The van der Waals surface area contributed by atoms with Gasteiger partial charge in [0.05, 0.1) is 5.69 Å². The molecule has 0 spiro atoms. The van der Waals surface area contributed by atoms with Gasteiger partial charge >= 0.3 is 0 Å². The third-order valence-electron chi connectivity index (χ3n) is 4.43. The summed E-state index contributed by atoms with van der Waals surface area (Å²) in [6.07, 6.45) is 2.86. The molecular weight excluding hydrogens is 455 g/mol. The average molecular weight is 482 g/mol. The fraction of sp³-hybridized carbons (Fsp3) is 0.444. The van der Waals surface area contributed by atoms with Gasteiger partial charge in [-0.25, -0.2) is 4.99 Å². The van der Waals surface area contributed by atoms with Gasteiger partial charge in [0.1, 0.15) is 6.54 Å². The van der Waals surface area contributed by atoms with E-state index in [0.29, 0.717) is 6.54 Å². The van der Waals surface area contributed by atoms with Crippen LogP contribution in [0.2, 0.25) is 0 Å². The highest BCUT2D eigenvalue weighted by Gasteiger charge is 2.09. The Morgan fingerprint density at radius 1 is 1.19 bits per heavy atom. The van der Waals surface area contributed by atoms with E-state index in [1.165, 1.54) is 11.3 Å². The number of hydrogen-bond donors (Lipinski definition) is 2. The lowest BCUT2D eigenvalue weighted by atomic mass is 10.1. The normalized spacial score (nSPS) is 11.5. The van der Waals surface area contributed by atoms with E-state index < -0.39 is 0 Å². The smallest absolute Gasteiger partial charge is 0.191 e. The van der Waals surface area contributed by atoms with Crippen LogP contribution in [0.3, 0.4) is 0 Å². The second-order valence-corrected chi connectivity index (χ2v) is 6.19. The molecule has 3 rings (SSSR count). The highest BCUT2D eigenvalue weighted by atomic mass is 127. The molecule has 3 aromatic rings. The molecule has 2 N–H and O–H groups in total. The second-order valence-electron chi connectivity index (χ2n) is 6.19. The number of halogens is 1. The molecule has 0 aliphatic heterocycles. The van der Waals surface area contributed by atoms with E-state index in [2.05, 4.69) is 51.7 Å².